The molecule has 4 aliphatic rings. The van der Waals surface area contributed by atoms with Gasteiger partial charge in [-0.1, -0.05) is 18.2 Å². The SMILES string of the molecule is Cc1cc(C2CC2)c(CN2CCC3(CC(C#N)C3)C[C@H]2c2ccc(C(=O)NC3(C(=O)O)CNC3)cc2)c2cc[nH]c12. The van der Waals surface area contributed by atoms with Gasteiger partial charge >= 0.3 is 5.97 Å². The summed E-state index contributed by atoms with van der Waals surface area (Å²) in [5.74, 6) is -0.567. The van der Waals surface area contributed by atoms with E-state index in [1.165, 1.54) is 46.0 Å². The lowest BCUT2D eigenvalue weighted by molar-refractivity contribution is -0.146. The number of carbonyl (C=O) groups is 2. The highest BCUT2D eigenvalue weighted by atomic mass is 16.4. The van der Waals surface area contributed by atoms with Crippen molar-refractivity contribution in [1.82, 2.24) is 20.5 Å². The van der Waals surface area contributed by atoms with Crippen molar-refractivity contribution in [3.8, 4) is 6.07 Å². The van der Waals surface area contributed by atoms with Crippen LogP contribution in [0.3, 0.4) is 0 Å². The third kappa shape index (κ3) is 4.52. The Morgan fingerprint density at radius 1 is 1.15 bits per heavy atom. The number of aliphatic carboxylic acids is 1. The number of likely N-dealkylation sites (tertiary alicyclic amines) is 1. The minimum Gasteiger partial charge on any atom is -0.479 e. The van der Waals surface area contributed by atoms with Crippen molar-refractivity contribution < 1.29 is 14.7 Å². The quantitative estimate of drug-likeness (QED) is 0.336. The molecule has 2 saturated carbocycles. The fourth-order valence-electron chi connectivity index (χ4n) is 7.59. The normalized spacial score (nSPS) is 27.1. The molecule has 2 saturated heterocycles. The van der Waals surface area contributed by atoms with E-state index in [-0.39, 0.29) is 36.4 Å². The molecule has 7 rings (SSSR count). The number of aromatic amines is 1. The molecule has 2 aromatic carbocycles. The first-order valence-electron chi connectivity index (χ1n) is 14.9. The van der Waals surface area contributed by atoms with Gasteiger partial charge in [0.15, 0.2) is 5.54 Å². The number of carboxylic acid groups (broad SMARTS) is 1. The van der Waals surface area contributed by atoms with Crippen molar-refractivity contribution in [3.63, 3.8) is 0 Å². The number of hydrogen-bond acceptors (Lipinski definition) is 5. The van der Waals surface area contributed by atoms with Crippen LogP contribution < -0.4 is 10.6 Å². The molecule has 3 aromatic rings. The largest absolute Gasteiger partial charge is 0.479 e. The van der Waals surface area contributed by atoms with Gasteiger partial charge in [-0.3, -0.25) is 9.69 Å². The van der Waals surface area contributed by atoms with Crippen molar-refractivity contribution in [2.45, 2.75) is 69.5 Å². The van der Waals surface area contributed by atoms with E-state index < -0.39 is 11.5 Å². The number of H-pyrrole nitrogens is 1. The summed E-state index contributed by atoms with van der Waals surface area (Å²) < 4.78 is 0. The van der Waals surface area contributed by atoms with E-state index in [1.54, 1.807) is 0 Å². The van der Waals surface area contributed by atoms with E-state index in [1.807, 2.05) is 24.3 Å². The molecular formula is C33H37N5O3. The maximum atomic E-state index is 13.0. The average molecular weight is 552 g/mol. The first-order valence-corrected chi connectivity index (χ1v) is 14.9. The Hall–Kier alpha value is -3.67. The molecule has 0 radical (unpaired) electrons. The molecule has 0 bridgehead atoms. The second-order valence-corrected chi connectivity index (χ2v) is 13.0. The Labute approximate surface area is 240 Å². The summed E-state index contributed by atoms with van der Waals surface area (Å²) in [6.07, 6.45) is 8.62. The molecular weight excluding hydrogens is 514 g/mol. The van der Waals surface area contributed by atoms with Gasteiger partial charge in [-0.2, -0.15) is 5.26 Å². The number of fused-ring (bicyclic) bond motifs is 1. The predicted octanol–water partition coefficient (Wildman–Crippen LogP) is 4.77. The molecule has 3 heterocycles. The van der Waals surface area contributed by atoms with Crippen LogP contribution in [-0.4, -0.2) is 52.0 Å². The van der Waals surface area contributed by atoms with Gasteiger partial charge in [0.05, 0.1) is 6.07 Å². The van der Waals surface area contributed by atoms with Crippen LogP contribution >= 0.6 is 0 Å². The van der Waals surface area contributed by atoms with Crippen LogP contribution in [0.5, 0.6) is 0 Å². The van der Waals surface area contributed by atoms with Gasteiger partial charge in [0.25, 0.3) is 5.91 Å². The summed E-state index contributed by atoms with van der Waals surface area (Å²) >= 11 is 0. The van der Waals surface area contributed by atoms with Crippen LogP contribution in [0, 0.1) is 29.6 Å². The number of carboxylic acids is 1. The molecule has 4 N–H and O–H groups in total. The smallest absolute Gasteiger partial charge is 0.332 e. The van der Waals surface area contributed by atoms with E-state index >= 15 is 0 Å². The molecule has 2 aliphatic heterocycles. The Bertz CT molecular complexity index is 1550. The highest BCUT2D eigenvalue weighted by molar-refractivity contribution is 5.98. The van der Waals surface area contributed by atoms with Crippen LogP contribution in [0.2, 0.25) is 0 Å². The van der Waals surface area contributed by atoms with Gasteiger partial charge in [-0.25, -0.2) is 4.79 Å². The number of aromatic nitrogens is 1. The number of rotatable bonds is 7. The number of nitriles is 1. The number of aryl methyl sites for hydroxylation is 1. The van der Waals surface area contributed by atoms with Gasteiger partial charge in [-0.05, 0) is 104 Å². The molecule has 1 spiro atoms. The molecule has 41 heavy (non-hydrogen) atoms. The summed E-state index contributed by atoms with van der Waals surface area (Å²) in [6, 6.07) is 15.0. The number of carbonyl (C=O) groups excluding carboxylic acids is 1. The zero-order chi connectivity index (χ0) is 28.4. The summed E-state index contributed by atoms with van der Waals surface area (Å²) in [6.45, 7) is 4.50. The van der Waals surface area contributed by atoms with Crippen molar-refractivity contribution >= 4 is 22.8 Å². The molecule has 2 aliphatic carbocycles. The lowest BCUT2D eigenvalue weighted by atomic mass is 9.56. The zero-order valence-electron chi connectivity index (χ0n) is 23.5. The number of amides is 1. The maximum Gasteiger partial charge on any atom is 0.332 e. The molecule has 212 valence electrons. The van der Waals surface area contributed by atoms with E-state index in [9.17, 15) is 20.0 Å². The van der Waals surface area contributed by atoms with Gasteiger partial charge in [0, 0.05) is 54.3 Å². The molecule has 4 fully saturated rings. The highest BCUT2D eigenvalue weighted by Gasteiger charge is 2.49. The number of nitrogens with zero attached hydrogens (tertiary/aromatic N) is 2. The number of piperidine rings is 1. The van der Waals surface area contributed by atoms with Gasteiger partial charge in [0.1, 0.15) is 0 Å². The number of nitrogens with one attached hydrogen (secondary N) is 3. The molecule has 1 atom stereocenters. The van der Waals surface area contributed by atoms with Crippen LogP contribution in [0.1, 0.15) is 83.1 Å². The van der Waals surface area contributed by atoms with E-state index in [2.05, 4.69) is 51.8 Å². The molecule has 1 amide bonds. The Morgan fingerprint density at radius 2 is 1.90 bits per heavy atom. The summed E-state index contributed by atoms with van der Waals surface area (Å²) in [4.78, 5) is 30.8. The van der Waals surface area contributed by atoms with Crippen LogP contribution in [0.25, 0.3) is 10.9 Å². The predicted molar refractivity (Wildman–Crippen MR) is 155 cm³/mol. The summed E-state index contributed by atoms with van der Waals surface area (Å²) in [7, 11) is 0. The molecule has 1 aromatic heterocycles. The standard InChI is InChI=1S/C33H37N5O3/c1-20-12-26(22-2-3-22)27(25-8-10-36-29(20)25)17-38-11-9-32(13-21(14-32)16-34)15-28(38)23-4-6-24(7-5-23)30(39)37-33(31(40)41)18-35-19-33/h4-8,10,12,21-22,28,35-36H,2-3,9,11,13-15,17-19H2,1H3,(H,37,39)(H,40,41)/t21?,28-,32?/m0/s1. The third-order valence-electron chi connectivity index (χ3n) is 10.3. The van der Waals surface area contributed by atoms with E-state index in [0.29, 0.717) is 11.5 Å². The zero-order valence-corrected chi connectivity index (χ0v) is 23.5. The monoisotopic (exact) mass is 551 g/mol. The van der Waals surface area contributed by atoms with Crippen molar-refractivity contribution in [2.75, 3.05) is 19.6 Å². The summed E-state index contributed by atoms with van der Waals surface area (Å²) in [5.41, 5.74) is 6.06. The average Bonchev–Trinajstić information content (AvgIpc) is 3.65. The first kappa shape index (κ1) is 26.2. The van der Waals surface area contributed by atoms with Crippen LogP contribution in [0.4, 0.5) is 0 Å². The maximum absolute atomic E-state index is 13.0. The fraction of sp³-hybridized carbons (Fsp3) is 0.485. The van der Waals surface area contributed by atoms with Crippen molar-refractivity contribution in [1.29, 1.82) is 5.26 Å². The van der Waals surface area contributed by atoms with Gasteiger partial charge in [0.2, 0.25) is 0 Å². The minimum atomic E-state index is -1.24. The van der Waals surface area contributed by atoms with E-state index in [4.69, 9.17) is 0 Å². The topological polar surface area (TPSA) is 121 Å². The van der Waals surface area contributed by atoms with Crippen molar-refractivity contribution in [3.05, 3.63) is 70.4 Å². The van der Waals surface area contributed by atoms with Crippen LogP contribution in [0.15, 0.2) is 42.6 Å². The van der Waals surface area contributed by atoms with Crippen LogP contribution in [-0.2, 0) is 11.3 Å². The van der Waals surface area contributed by atoms with Crippen molar-refractivity contribution in [2.24, 2.45) is 11.3 Å². The Balaban J connectivity index is 1.18. The van der Waals surface area contributed by atoms with Gasteiger partial charge < -0.3 is 20.7 Å². The van der Waals surface area contributed by atoms with Gasteiger partial charge in [-0.15, -0.1) is 0 Å². The molecule has 8 nitrogen and oxygen atoms in total. The minimum absolute atomic E-state index is 0.161. The second kappa shape index (κ2) is 9.71. The Kier molecular flexibility index (Phi) is 6.22. The highest BCUT2D eigenvalue weighted by Crippen LogP contribution is 2.57. The van der Waals surface area contributed by atoms with E-state index in [0.717, 1.165) is 38.8 Å². The first-order chi connectivity index (χ1) is 19.8. The Morgan fingerprint density at radius 3 is 2.54 bits per heavy atom. The second-order valence-electron chi connectivity index (χ2n) is 13.0. The third-order valence-corrected chi connectivity index (χ3v) is 10.3. The molecule has 8 heteroatoms. The lowest BCUT2D eigenvalue weighted by Gasteiger charge is -2.53. The lowest BCUT2D eigenvalue weighted by Crippen LogP contribution is -2.73. The molecule has 0 unspecified atom stereocenters. The number of hydrogen-bond donors (Lipinski definition) is 4. The fourth-order valence-corrected chi connectivity index (χ4v) is 7.59. The summed E-state index contributed by atoms with van der Waals surface area (Å²) in [5, 5.41) is 26.1. The number of benzene rings is 2.